The van der Waals surface area contributed by atoms with Gasteiger partial charge in [-0.25, -0.2) is 4.39 Å². The third kappa shape index (κ3) is 2.82. The highest BCUT2D eigenvalue weighted by atomic mass is 19.1. The molecule has 0 amide bonds. The number of nitrogens with zero attached hydrogens (tertiary/aromatic N) is 1. The molecule has 0 saturated heterocycles. The number of halogens is 1. The van der Waals surface area contributed by atoms with Gasteiger partial charge in [0.1, 0.15) is 5.82 Å². The van der Waals surface area contributed by atoms with Gasteiger partial charge >= 0.3 is 0 Å². The number of hydrogen-bond donors (Lipinski definition) is 0. The van der Waals surface area contributed by atoms with Crippen LogP contribution >= 0.6 is 0 Å². The lowest BCUT2D eigenvalue weighted by atomic mass is 10.2. The second kappa shape index (κ2) is 4.00. The van der Waals surface area contributed by atoms with E-state index in [-0.39, 0.29) is 11.9 Å². The van der Waals surface area contributed by atoms with Gasteiger partial charge in [0, 0.05) is 12.3 Å². The maximum Gasteiger partial charge on any atom is 0.123 e. The van der Waals surface area contributed by atoms with Crippen LogP contribution in [-0.4, -0.2) is 12.3 Å². The molecule has 1 rings (SSSR count). The largest absolute Gasteiger partial charge is 0.290 e. The van der Waals surface area contributed by atoms with E-state index < -0.39 is 0 Å². The molecular formula is C10H12FN. The van der Waals surface area contributed by atoms with Crippen LogP contribution in [0.4, 0.5) is 4.39 Å². The van der Waals surface area contributed by atoms with Gasteiger partial charge in [-0.1, -0.05) is 12.1 Å². The van der Waals surface area contributed by atoms with E-state index in [1.165, 1.54) is 12.1 Å². The molecule has 0 aliphatic carbocycles. The summed E-state index contributed by atoms with van der Waals surface area (Å²) < 4.78 is 12.4. The van der Waals surface area contributed by atoms with Crippen molar-refractivity contribution in [3.05, 3.63) is 35.6 Å². The van der Waals surface area contributed by atoms with E-state index in [1.807, 2.05) is 13.8 Å². The average Bonchev–Trinajstić information content (AvgIpc) is 2.03. The Morgan fingerprint density at radius 2 is 1.83 bits per heavy atom. The van der Waals surface area contributed by atoms with Gasteiger partial charge < -0.3 is 0 Å². The Morgan fingerprint density at radius 1 is 1.25 bits per heavy atom. The Morgan fingerprint density at radius 3 is 2.33 bits per heavy atom. The van der Waals surface area contributed by atoms with Crippen molar-refractivity contribution in [1.82, 2.24) is 0 Å². The Kier molecular flexibility index (Phi) is 2.97. The molecule has 0 aliphatic heterocycles. The van der Waals surface area contributed by atoms with Crippen molar-refractivity contribution in [1.29, 1.82) is 0 Å². The molecule has 1 aromatic carbocycles. The molecule has 12 heavy (non-hydrogen) atoms. The van der Waals surface area contributed by atoms with Crippen LogP contribution in [0.3, 0.4) is 0 Å². The average molecular weight is 165 g/mol. The lowest BCUT2D eigenvalue weighted by molar-refractivity contribution is 0.628. The molecule has 0 heterocycles. The predicted octanol–water partition coefficient (Wildman–Crippen LogP) is 2.65. The Bertz CT molecular complexity index is 262. The quantitative estimate of drug-likeness (QED) is 0.597. The topological polar surface area (TPSA) is 12.4 Å². The highest BCUT2D eigenvalue weighted by Gasteiger charge is 1.89. The molecule has 1 nitrogen and oxygen atoms in total. The van der Waals surface area contributed by atoms with Gasteiger partial charge in [-0.2, -0.15) is 0 Å². The van der Waals surface area contributed by atoms with Gasteiger partial charge in [-0.3, -0.25) is 4.99 Å². The summed E-state index contributed by atoms with van der Waals surface area (Å²) in [4.78, 5) is 4.18. The van der Waals surface area contributed by atoms with Crippen LogP contribution in [0.2, 0.25) is 0 Å². The Hall–Kier alpha value is -1.18. The first-order valence-electron chi connectivity index (χ1n) is 3.97. The molecule has 0 bridgehead atoms. The molecular weight excluding hydrogens is 153 g/mol. The lowest BCUT2D eigenvalue weighted by Crippen LogP contribution is -1.90. The number of rotatable bonds is 2. The van der Waals surface area contributed by atoms with Crippen LogP contribution in [0, 0.1) is 5.82 Å². The normalized spacial score (nSPS) is 11.3. The minimum atomic E-state index is -0.211. The zero-order chi connectivity index (χ0) is 8.97. The minimum Gasteiger partial charge on any atom is -0.290 e. The van der Waals surface area contributed by atoms with E-state index in [0.717, 1.165) is 5.56 Å². The van der Waals surface area contributed by atoms with E-state index in [2.05, 4.69) is 4.99 Å². The van der Waals surface area contributed by atoms with Crippen LogP contribution in [0.1, 0.15) is 19.4 Å². The summed E-state index contributed by atoms with van der Waals surface area (Å²) in [5.74, 6) is -0.211. The van der Waals surface area contributed by atoms with E-state index in [4.69, 9.17) is 0 Å². The maximum atomic E-state index is 12.4. The summed E-state index contributed by atoms with van der Waals surface area (Å²) in [6.07, 6.45) is 1.75. The zero-order valence-corrected chi connectivity index (χ0v) is 7.29. The first-order valence-corrected chi connectivity index (χ1v) is 3.97. The van der Waals surface area contributed by atoms with E-state index >= 15 is 0 Å². The van der Waals surface area contributed by atoms with Crippen LogP contribution in [0.15, 0.2) is 29.3 Å². The van der Waals surface area contributed by atoms with Gasteiger partial charge in [0.25, 0.3) is 0 Å². The van der Waals surface area contributed by atoms with Crippen molar-refractivity contribution < 1.29 is 4.39 Å². The van der Waals surface area contributed by atoms with Gasteiger partial charge in [0.15, 0.2) is 0 Å². The zero-order valence-electron chi connectivity index (χ0n) is 7.29. The fraction of sp³-hybridized carbons (Fsp3) is 0.300. The first kappa shape index (κ1) is 8.91. The molecule has 0 aromatic heterocycles. The van der Waals surface area contributed by atoms with Crippen LogP contribution in [0.25, 0.3) is 0 Å². The lowest BCUT2D eigenvalue weighted by Gasteiger charge is -1.95. The molecule has 0 spiro atoms. The van der Waals surface area contributed by atoms with Gasteiger partial charge in [0.2, 0.25) is 0 Å². The van der Waals surface area contributed by atoms with Crippen molar-refractivity contribution in [3.8, 4) is 0 Å². The molecule has 0 fully saturated rings. The highest BCUT2D eigenvalue weighted by molar-refractivity contribution is 5.79. The number of benzene rings is 1. The standard InChI is InChI=1S/C10H12FN/c1-8(2)12-7-9-3-5-10(11)6-4-9/h3-8H,1-2H3. The van der Waals surface area contributed by atoms with Crippen LogP contribution < -0.4 is 0 Å². The van der Waals surface area contributed by atoms with Gasteiger partial charge in [0.05, 0.1) is 0 Å². The summed E-state index contributed by atoms with van der Waals surface area (Å²) in [6, 6.07) is 6.57. The Balaban J connectivity index is 2.71. The van der Waals surface area contributed by atoms with Crippen LogP contribution in [0.5, 0.6) is 0 Å². The molecule has 0 unspecified atom stereocenters. The van der Waals surface area contributed by atoms with Crippen LogP contribution in [-0.2, 0) is 0 Å². The molecule has 0 N–H and O–H groups in total. The van der Waals surface area contributed by atoms with Crippen molar-refractivity contribution in [2.24, 2.45) is 4.99 Å². The summed E-state index contributed by atoms with van der Waals surface area (Å²) in [6.45, 7) is 4.00. The monoisotopic (exact) mass is 165 g/mol. The predicted molar refractivity (Wildman–Crippen MR) is 49.1 cm³/mol. The maximum absolute atomic E-state index is 12.4. The second-order valence-corrected chi connectivity index (χ2v) is 2.92. The number of hydrogen-bond acceptors (Lipinski definition) is 1. The molecule has 1 aromatic rings. The molecule has 0 radical (unpaired) electrons. The SMILES string of the molecule is CC(C)N=Cc1ccc(F)cc1. The minimum absolute atomic E-state index is 0.211. The molecule has 2 heteroatoms. The van der Waals surface area contributed by atoms with Crippen molar-refractivity contribution in [3.63, 3.8) is 0 Å². The molecule has 64 valence electrons. The molecule has 0 saturated carbocycles. The summed E-state index contributed by atoms with van der Waals surface area (Å²) in [5.41, 5.74) is 0.935. The fourth-order valence-electron chi connectivity index (χ4n) is 0.784. The van der Waals surface area contributed by atoms with Gasteiger partial charge in [-0.05, 0) is 31.5 Å². The second-order valence-electron chi connectivity index (χ2n) is 2.92. The number of aliphatic imine (C=N–C) groups is 1. The fourth-order valence-corrected chi connectivity index (χ4v) is 0.784. The summed E-state index contributed by atoms with van der Waals surface area (Å²) in [5, 5.41) is 0. The third-order valence-corrected chi connectivity index (χ3v) is 1.39. The first-order chi connectivity index (χ1) is 5.68. The highest BCUT2D eigenvalue weighted by Crippen LogP contribution is 2.00. The van der Waals surface area contributed by atoms with Crippen molar-refractivity contribution in [2.45, 2.75) is 19.9 Å². The smallest absolute Gasteiger partial charge is 0.123 e. The van der Waals surface area contributed by atoms with E-state index in [9.17, 15) is 4.39 Å². The van der Waals surface area contributed by atoms with Crippen molar-refractivity contribution in [2.75, 3.05) is 0 Å². The summed E-state index contributed by atoms with van der Waals surface area (Å²) in [7, 11) is 0. The third-order valence-electron chi connectivity index (χ3n) is 1.39. The molecule has 0 aliphatic rings. The van der Waals surface area contributed by atoms with Gasteiger partial charge in [-0.15, -0.1) is 0 Å². The van der Waals surface area contributed by atoms with E-state index in [0.29, 0.717) is 0 Å². The van der Waals surface area contributed by atoms with E-state index in [1.54, 1.807) is 18.3 Å². The van der Waals surface area contributed by atoms with Crippen molar-refractivity contribution >= 4 is 6.21 Å². The Labute approximate surface area is 72.0 Å². The molecule has 0 atom stereocenters. The summed E-state index contributed by atoms with van der Waals surface area (Å²) >= 11 is 0.